The minimum Gasteiger partial charge on any atom is -0.511 e. The lowest BCUT2D eigenvalue weighted by Crippen LogP contribution is -2.25. The van der Waals surface area contributed by atoms with Crippen molar-refractivity contribution in [1.29, 1.82) is 0 Å². The number of allylic oxidation sites excluding steroid dienone is 1. The smallest absolute Gasteiger partial charge is 0.203 e. The molecule has 0 unspecified atom stereocenters. The number of rotatable bonds is 0. The van der Waals surface area contributed by atoms with Gasteiger partial charge in [0.1, 0.15) is 5.76 Å². The number of nitrogens with zero attached hydrogens (tertiary/aromatic N) is 1. The van der Waals surface area contributed by atoms with Gasteiger partial charge in [-0.1, -0.05) is 0 Å². The number of benzene rings is 1. The number of fused-ring (bicyclic) bond motifs is 2. The molecule has 0 radical (unpaired) electrons. The molecule has 2 heterocycles. The Morgan fingerprint density at radius 1 is 1.39 bits per heavy atom. The van der Waals surface area contributed by atoms with E-state index in [-0.39, 0.29) is 5.76 Å². The molecule has 2 aliphatic heterocycles. The van der Waals surface area contributed by atoms with Gasteiger partial charge in [-0.3, -0.25) is 0 Å². The van der Waals surface area contributed by atoms with E-state index in [0.717, 1.165) is 28.3 Å². The molecular weight excluding hydrogens is 270 g/mol. The average molecular weight is 283 g/mol. The van der Waals surface area contributed by atoms with Gasteiger partial charge in [0.2, 0.25) is 9.84 Å². The minimum atomic E-state index is -3.49. The van der Waals surface area contributed by atoms with E-state index in [0.29, 0.717) is 16.9 Å². The molecule has 0 aromatic heterocycles. The first kappa shape index (κ1) is 11.9. The Morgan fingerprint density at radius 2 is 2.17 bits per heavy atom. The van der Waals surface area contributed by atoms with Crippen LogP contribution in [0.3, 0.4) is 0 Å². The first-order valence-electron chi connectivity index (χ1n) is 5.63. The third kappa shape index (κ3) is 1.80. The molecule has 96 valence electrons. The normalized spacial score (nSPS) is 20.9. The number of aliphatic hydroxyl groups excluding tert-OH is 1. The molecule has 1 N–H and O–H groups in total. The molecule has 1 aromatic rings. The number of anilines is 1. The maximum absolute atomic E-state index is 12.0. The van der Waals surface area contributed by atoms with E-state index < -0.39 is 9.84 Å². The Bertz CT molecular complexity index is 650. The Labute approximate surface area is 110 Å². The summed E-state index contributed by atoms with van der Waals surface area (Å²) in [4.78, 5) is 3.45. The van der Waals surface area contributed by atoms with Crippen molar-refractivity contribution in [2.75, 3.05) is 24.2 Å². The lowest BCUT2D eigenvalue weighted by atomic mass is 10.1. The predicted molar refractivity (Wildman–Crippen MR) is 72.0 cm³/mol. The fourth-order valence-corrected chi connectivity index (χ4v) is 4.87. The van der Waals surface area contributed by atoms with Gasteiger partial charge in [0, 0.05) is 30.7 Å². The Balaban J connectivity index is 2.23. The first-order chi connectivity index (χ1) is 8.47. The SMILES string of the molecule is CN1CCSc2cc3c(cc21)CC(O)=CS3(=O)=O. The molecule has 6 heteroatoms. The fourth-order valence-electron chi connectivity index (χ4n) is 2.30. The highest BCUT2D eigenvalue weighted by Crippen LogP contribution is 2.39. The quantitative estimate of drug-likeness (QED) is 0.788. The van der Waals surface area contributed by atoms with E-state index in [2.05, 4.69) is 4.90 Å². The second-order valence-electron chi connectivity index (χ2n) is 4.53. The van der Waals surface area contributed by atoms with Crippen LogP contribution in [-0.2, 0) is 16.3 Å². The summed E-state index contributed by atoms with van der Waals surface area (Å²) in [6.07, 6.45) is 0.292. The summed E-state index contributed by atoms with van der Waals surface area (Å²) in [5.74, 6) is 0.872. The maximum atomic E-state index is 12.0. The molecular formula is C12H13NO3S2. The molecule has 1 aromatic carbocycles. The maximum Gasteiger partial charge on any atom is 0.203 e. The highest BCUT2D eigenvalue weighted by molar-refractivity contribution is 7.99. The van der Waals surface area contributed by atoms with Crippen molar-refractivity contribution in [1.82, 2.24) is 0 Å². The number of hydrogen-bond donors (Lipinski definition) is 1. The van der Waals surface area contributed by atoms with Crippen molar-refractivity contribution < 1.29 is 13.5 Å². The van der Waals surface area contributed by atoms with Crippen LogP contribution in [0.5, 0.6) is 0 Å². The van der Waals surface area contributed by atoms with Gasteiger partial charge in [-0.05, 0) is 17.7 Å². The summed E-state index contributed by atoms with van der Waals surface area (Å²) in [7, 11) is -1.49. The monoisotopic (exact) mass is 283 g/mol. The van der Waals surface area contributed by atoms with Crippen molar-refractivity contribution in [2.45, 2.75) is 16.2 Å². The van der Waals surface area contributed by atoms with E-state index in [9.17, 15) is 13.5 Å². The number of aliphatic hydroxyl groups is 1. The van der Waals surface area contributed by atoms with Crippen LogP contribution in [0.25, 0.3) is 0 Å². The number of sulfone groups is 1. The van der Waals surface area contributed by atoms with Gasteiger partial charge in [-0.2, -0.15) is 0 Å². The standard InChI is InChI=1S/C12H13NO3S2/c1-13-2-3-17-11-6-12-8(5-10(11)13)4-9(14)7-18(12,15)16/h5-7,14H,2-4H2,1H3. The molecule has 0 saturated carbocycles. The van der Waals surface area contributed by atoms with Crippen molar-refractivity contribution in [3.05, 3.63) is 28.9 Å². The molecule has 0 saturated heterocycles. The molecule has 3 rings (SSSR count). The summed E-state index contributed by atoms with van der Waals surface area (Å²) in [5, 5.41) is 10.5. The Hall–Kier alpha value is -1.14. The van der Waals surface area contributed by atoms with Crippen molar-refractivity contribution in [3.63, 3.8) is 0 Å². The highest BCUT2D eigenvalue weighted by atomic mass is 32.2. The van der Waals surface area contributed by atoms with Crippen LogP contribution in [0.2, 0.25) is 0 Å². The molecule has 18 heavy (non-hydrogen) atoms. The van der Waals surface area contributed by atoms with Crippen LogP contribution >= 0.6 is 11.8 Å². The number of thioether (sulfide) groups is 1. The van der Waals surface area contributed by atoms with Crippen LogP contribution in [0.15, 0.2) is 33.1 Å². The van der Waals surface area contributed by atoms with Gasteiger partial charge < -0.3 is 10.0 Å². The van der Waals surface area contributed by atoms with E-state index >= 15 is 0 Å². The summed E-state index contributed by atoms with van der Waals surface area (Å²) in [6.45, 7) is 0.949. The second kappa shape index (κ2) is 3.93. The Morgan fingerprint density at radius 3 is 2.94 bits per heavy atom. The van der Waals surface area contributed by atoms with Gasteiger partial charge in [0.15, 0.2) is 0 Å². The molecule has 0 atom stereocenters. The van der Waals surface area contributed by atoms with E-state index in [4.69, 9.17) is 0 Å². The van der Waals surface area contributed by atoms with Crippen LogP contribution in [0, 0.1) is 0 Å². The summed E-state index contributed by atoms with van der Waals surface area (Å²) in [6, 6.07) is 3.63. The van der Waals surface area contributed by atoms with Gasteiger partial charge in [-0.25, -0.2) is 8.42 Å². The van der Waals surface area contributed by atoms with Crippen molar-refractivity contribution in [3.8, 4) is 0 Å². The average Bonchev–Trinajstić information content (AvgIpc) is 2.27. The summed E-state index contributed by atoms with van der Waals surface area (Å²) >= 11 is 1.68. The second-order valence-corrected chi connectivity index (χ2v) is 7.43. The molecule has 2 aliphatic rings. The third-order valence-corrected chi connectivity index (χ3v) is 5.81. The lowest BCUT2D eigenvalue weighted by Gasteiger charge is -2.29. The highest BCUT2D eigenvalue weighted by Gasteiger charge is 2.27. The summed E-state index contributed by atoms with van der Waals surface area (Å²) < 4.78 is 24.0. The largest absolute Gasteiger partial charge is 0.511 e. The zero-order valence-corrected chi connectivity index (χ0v) is 11.5. The van der Waals surface area contributed by atoms with Crippen LogP contribution in [0.4, 0.5) is 5.69 Å². The van der Waals surface area contributed by atoms with Crippen LogP contribution in [0.1, 0.15) is 5.56 Å². The van der Waals surface area contributed by atoms with Crippen LogP contribution in [-0.4, -0.2) is 32.9 Å². The van der Waals surface area contributed by atoms with Crippen LogP contribution < -0.4 is 4.90 Å². The van der Waals surface area contributed by atoms with Gasteiger partial charge in [0.25, 0.3) is 0 Å². The van der Waals surface area contributed by atoms with Crippen molar-refractivity contribution in [2.24, 2.45) is 0 Å². The van der Waals surface area contributed by atoms with Gasteiger partial charge in [0.05, 0.1) is 16.0 Å². The minimum absolute atomic E-state index is 0.0893. The molecule has 0 bridgehead atoms. The third-order valence-electron chi connectivity index (χ3n) is 3.21. The van der Waals surface area contributed by atoms with E-state index in [1.54, 1.807) is 17.8 Å². The van der Waals surface area contributed by atoms with Gasteiger partial charge >= 0.3 is 0 Å². The lowest BCUT2D eigenvalue weighted by molar-refractivity contribution is 0.397. The predicted octanol–water partition coefficient (Wildman–Crippen LogP) is 1.96. The molecule has 0 spiro atoms. The van der Waals surface area contributed by atoms with E-state index in [1.807, 2.05) is 13.1 Å². The fraction of sp³-hybridized carbons (Fsp3) is 0.333. The topological polar surface area (TPSA) is 57.6 Å². The molecule has 0 aliphatic carbocycles. The zero-order valence-electron chi connectivity index (χ0n) is 9.88. The zero-order chi connectivity index (χ0) is 12.9. The number of hydrogen-bond acceptors (Lipinski definition) is 5. The van der Waals surface area contributed by atoms with E-state index in [1.165, 1.54) is 0 Å². The Kier molecular flexibility index (Phi) is 2.60. The van der Waals surface area contributed by atoms with Crippen molar-refractivity contribution >= 4 is 27.3 Å². The molecule has 4 nitrogen and oxygen atoms in total. The molecule has 0 amide bonds. The summed E-state index contributed by atoms with van der Waals surface area (Å²) in [5.41, 5.74) is 1.73. The molecule has 0 fully saturated rings. The first-order valence-corrected chi connectivity index (χ1v) is 8.16. The van der Waals surface area contributed by atoms with Gasteiger partial charge in [-0.15, -0.1) is 11.8 Å².